The third kappa shape index (κ3) is 3.99. The predicted molar refractivity (Wildman–Crippen MR) is 131 cm³/mol. The number of aromatic nitrogens is 1. The summed E-state index contributed by atoms with van der Waals surface area (Å²) in [6, 6.07) is 0. The molecule has 0 aliphatic rings. The van der Waals surface area contributed by atoms with Gasteiger partial charge in [0, 0.05) is 40.2 Å². The highest BCUT2D eigenvalue weighted by Gasteiger charge is 2.27. The van der Waals surface area contributed by atoms with Crippen LogP contribution < -0.4 is 0 Å². The largest absolute Gasteiger partial charge is 0.298 e. The van der Waals surface area contributed by atoms with Gasteiger partial charge in [-0.25, -0.2) is 0 Å². The minimum absolute atomic E-state index is 0.0255. The molecule has 0 spiro atoms. The lowest BCUT2D eigenvalue weighted by atomic mass is 9.94. The van der Waals surface area contributed by atoms with Crippen LogP contribution in [0.2, 0.25) is 50.2 Å². The molecule has 0 saturated carbocycles. The van der Waals surface area contributed by atoms with Crippen molar-refractivity contribution in [1.82, 2.24) is 4.98 Å². The van der Waals surface area contributed by atoms with Crippen LogP contribution in [0.3, 0.4) is 0 Å². The SMILES string of the molecule is O=Cc1c(-c2c(Cl)c(Cl)c(Cl)c(Cl)c2Cl)cncc1-c1c(Cl)c(Cl)c(Cl)c(Cl)c1Cl. The lowest BCUT2D eigenvalue weighted by molar-refractivity contribution is 0.112. The van der Waals surface area contributed by atoms with Crippen LogP contribution >= 0.6 is 116 Å². The van der Waals surface area contributed by atoms with Gasteiger partial charge in [0.05, 0.1) is 50.2 Å². The number of benzene rings is 2. The number of halogens is 10. The second-order valence-electron chi connectivity index (χ2n) is 5.66. The normalized spacial score (nSPS) is 11.1. The van der Waals surface area contributed by atoms with E-state index in [0.717, 1.165) is 0 Å². The molecule has 0 fully saturated rings. The topological polar surface area (TPSA) is 30.0 Å². The first-order valence-electron chi connectivity index (χ1n) is 7.51. The number of carbonyl (C=O) groups excluding carboxylic acids is 1. The van der Waals surface area contributed by atoms with Crippen molar-refractivity contribution < 1.29 is 4.79 Å². The van der Waals surface area contributed by atoms with Crippen molar-refractivity contribution in [2.75, 3.05) is 0 Å². The van der Waals surface area contributed by atoms with Crippen molar-refractivity contribution in [3.8, 4) is 22.3 Å². The van der Waals surface area contributed by atoms with Crippen molar-refractivity contribution in [1.29, 1.82) is 0 Å². The van der Waals surface area contributed by atoms with E-state index in [1.807, 2.05) is 0 Å². The van der Waals surface area contributed by atoms with Crippen LogP contribution in [0, 0.1) is 0 Å². The Kier molecular flexibility index (Phi) is 7.91. The zero-order valence-electron chi connectivity index (χ0n) is 13.9. The highest BCUT2D eigenvalue weighted by Crippen LogP contribution is 2.52. The molecule has 0 N–H and O–H groups in total. The molecular formula is C18H3Cl10NO. The first-order chi connectivity index (χ1) is 14.0. The molecular weight excluding hydrogens is 601 g/mol. The highest BCUT2D eigenvalue weighted by molar-refractivity contribution is 6.58. The van der Waals surface area contributed by atoms with Gasteiger partial charge >= 0.3 is 0 Å². The summed E-state index contributed by atoms with van der Waals surface area (Å²) in [6.45, 7) is 0. The molecule has 3 aromatic rings. The molecule has 0 unspecified atom stereocenters. The van der Waals surface area contributed by atoms with Crippen molar-refractivity contribution in [2.24, 2.45) is 0 Å². The van der Waals surface area contributed by atoms with Gasteiger partial charge < -0.3 is 0 Å². The van der Waals surface area contributed by atoms with Crippen molar-refractivity contribution in [3.05, 3.63) is 68.2 Å². The van der Waals surface area contributed by atoms with E-state index in [1.165, 1.54) is 12.4 Å². The predicted octanol–water partition coefficient (Wildman–Crippen LogP) is 10.8. The van der Waals surface area contributed by atoms with Gasteiger partial charge in [0.2, 0.25) is 0 Å². The standard InChI is InChI=1S/C18H3Cl10NO/c19-9-7(10(20)14(24)17(27)13(9)23)4-1-29-2-5(6(4)3-30)8-11(21)15(25)18(28)16(26)12(8)22/h1-3H. The van der Waals surface area contributed by atoms with Gasteiger partial charge in [-0.15, -0.1) is 0 Å². The van der Waals surface area contributed by atoms with Crippen molar-refractivity contribution >= 4 is 122 Å². The molecule has 0 atom stereocenters. The number of rotatable bonds is 3. The lowest BCUT2D eigenvalue weighted by Gasteiger charge is -2.18. The Bertz CT molecular complexity index is 1080. The molecule has 0 amide bonds. The number of nitrogens with zero attached hydrogens (tertiary/aromatic N) is 1. The summed E-state index contributed by atoms with van der Waals surface area (Å²) in [5.74, 6) is 0. The van der Waals surface area contributed by atoms with Crippen LogP contribution in [0.1, 0.15) is 10.4 Å². The van der Waals surface area contributed by atoms with Gasteiger partial charge in [0.15, 0.2) is 6.29 Å². The molecule has 1 aromatic heterocycles. The first-order valence-corrected chi connectivity index (χ1v) is 11.3. The van der Waals surface area contributed by atoms with Crippen LogP contribution in [0.4, 0.5) is 0 Å². The molecule has 0 bridgehead atoms. The molecule has 0 saturated heterocycles. The minimum Gasteiger partial charge on any atom is -0.298 e. The van der Waals surface area contributed by atoms with Gasteiger partial charge in [-0.3, -0.25) is 9.78 Å². The fourth-order valence-corrected chi connectivity index (χ4v) is 5.36. The van der Waals surface area contributed by atoms with Crippen molar-refractivity contribution in [2.45, 2.75) is 0 Å². The Morgan fingerprint density at radius 1 is 0.500 bits per heavy atom. The smallest absolute Gasteiger partial charge is 0.151 e. The van der Waals surface area contributed by atoms with Gasteiger partial charge in [-0.2, -0.15) is 0 Å². The zero-order chi connectivity index (χ0) is 22.5. The quantitative estimate of drug-likeness (QED) is 0.169. The number of aldehydes is 1. The Hall–Kier alpha value is 0.160. The average Bonchev–Trinajstić information content (AvgIpc) is 2.74. The van der Waals surface area contributed by atoms with E-state index in [4.69, 9.17) is 116 Å². The van der Waals surface area contributed by atoms with Crippen LogP contribution in [0.15, 0.2) is 12.4 Å². The van der Waals surface area contributed by atoms with E-state index in [1.54, 1.807) is 0 Å². The maximum atomic E-state index is 12.1. The Morgan fingerprint density at radius 3 is 1.03 bits per heavy atom. The van der Waals surface area contributed by atoms with E-state index >= 15 is 0 Å². The molecule has 3 rings (SSSR count). The van der Waals surface area contributed by atoms with E-state index in [2.05, 4.69) is 4.98 Å². The van der Waals surface area contributed by atoms with Crippen LogP contribution in [-0.4, -0.2) is 11.3 Å². The number of carbonyl (C=O) groups is 1. The highest BCUT2D eigenvalue weighted by atomic mass is 35.5. The summed E-state index contributed by atoms with van der Waals surface area (Å²) in [4.78, 5) is 16.3. The third-order valence-corrected chi connectivity index (χ3v) is 8.62. The Labute approximate surface area is 220 Å². The van der Waals surface area contributed by atoms with Crippen molar-refractivity contribution in [3.63, 3.8) is 0 Å². The zero-order valence-corrected chi connectivity index (χ0v) is 21.4. The number of hydrogen-bond donors (Lipinski definition) is 0. The number of pyridine rings is 1. The van der Waals surface area contributed by atoms with Crippen LogP contribution in [0.5, 0.6) is 0 Å². The second-order valence-corrected chi connectivity index (χ2v) is 9.44. The van der Waals surface area contributed by atoms with E-state index in [-0.39, 0.29) is 78.0 Å². The summed E-state index contributed by atoms with van der Waals surface area (Å²) < 4.78 is 0. The van der Waals surface area contributed by atoms with Gasteiger partial charge in [0.25, 0.3) is 0 Å². The van der Waals surface area contributed by atoms with Gasteiger partial charge in [0.1, 0.15) is 0 Å². The Balaban J connectivity index is 2.46. The molecule has 30 heavy (non-hydrogen) atoms. The maximum absolute atomic E-state index is 12.1. The molecule has 0 aliphatic heterocycles. The fraction of sp³-hybridized carbons (Fsp3) is 0. The first kappa shape index (κ1) is 24.8. The van der Waals surface area contributed by atoms with Gasteiger partial charge in [-0.05, 0) is 0 Å². The van der Waals surface area contributed by atoms with Gasteiger partial charge in [-0.1, -0.05) is 116 Å². The molecule has 156 valence electrons. The van der Waals surface area contributed by atoms with Crippen LogP contribution in [-0.2, 0) is 0 Å². The molecule has 2 aromatic carbocycles. The molecule has 2 nitrogen and oxygen atoms in total. The van der Waals surface area contributed by atoms with Crippen LogP contribution in [0.25, 0.3) is 22.3 Å². The summed E-state index contributed by atoms with van der Waals surface area (Å²) in [5.41, 5.74) is 0.765. The molecule has 1 heterocycles. The lowest BCUT2D eigenvalue weighted by Crippen LogP contribution is -1.98. The summed E-state index contributed by atoms with van der Waals surface area (Å²) in [6.07, 6.45) is 3.24. The van der Waals surface area contributed by atoms with E-state index < -0.39 is 0 Å². The summed E-state index contributed by atoms with van der Waals surface area (Å²) in [7, 11) is 0. The molecule has 12 heteroatoms. The molecule has 0 radical (unpaired) electrons. The second kappa shape index (κ2) is 9.57. The summed E-state index contributed by atoms with van der Waals surface area (Å²) in [5, 5.41) is -0.336. The Morgan fingerprint density at radius 2 is 0.767 bits per heavy atom. The average molecular weight is 604 g/mol. The monoisotopic (exact) mass is 599 g/mol. The fourth-order valence-electron chi connectivity index (χ4n) is 2.68. The maximum Gasteiger partial charge on any atom is 0.151 e. The van der Waals surface area contributed by atoms with E-state index in [9.17, 15) is 4.79 Å². The van der Waals surface area contributed by atoms with E-state index in [0.29, 0.717) is 6.29 Å². The summed E-state index contributed by atoms with van der Waals surface area (Å²) >= 11 is 62.2. The molecule has 0 aliphatic carbocycles. The number of hydrogen-bond acceptors (Lipinski definition) is 2. The third-order valence-electron chi connectivity index (χ3n) is 4.06. The minimum atomic E-state index is -0.0429.